The number of aromatic carboxylic acids is 1. The number of carboxylic acid groups (broad SMARTS) is 1. The molecule has 0 bridgehead atoms. The van der Waals surface area contributed by atoms with Gasteiger partial charge in [0, 0.05) is 5.22 Å². The third kappa shape index (κ3) is 7.15. The van der Waals surface area contributed by atoms with Gasteiger partial charge in [0.15, 0.2) is 5.66 Å². The first-order valence-corrected chi connectivity index (χ1v) is 20.6. The third-order valence-electron chi connectivity index (χ3n) is 7.76. The van der Waals surface area contributed by atoms with Gasteiger partial charge in [-0.2, -0.15) is 0 Å². The van der Waals surface area contributed by atoms with Crippen LogP contribution in [-0.2, 0) is 30.7 Å². The first-order valence-electron chi connectivity index (χ1n) is 13.8. The summed E-state index contributed by atoms with van der Waals surface area (Å²) in [6.07, 6.45) is 0. The molecule has 5 N–H and O–H groups in total. The van der Waals surface area contributed by atoms with Gasteiger partial charge in [-0.1, -0.05) is 48.5 Å². The largest absolute Gasteiger partial charge is 1.00 e. The van der Waals surface area contributed by atoms with Crippen LogP contribution in [0.25, 0.3) is 39.1 Å². The predicted octanol–water partition coefficient (Wildman–Crippen LogP) is -3.65. The van der Waals surface area contributed by atoms with Gasteiger partial charge in [0.25, 0.3) is 0 Å². The van der Waals surface area contributed by atoms with Crippen molar-refractivity contribution in [1.82, 2.24) is 0 Å². The topological polar surface area (TPSA) is 178 Å². The van der Waals surface area contributed by atoms with Gasteiger partial charge in [0.2, 0.25) is 0 Å². The number of carbonyl (C=O) groups is 1. The molecule has 2 aliphatic heterocycles. The molecule has 4 aromatic rings. The molecule has 14 heteroatoms. The number of rotatable bonds is 4. The van der Waals surface area contributed by atoms with Crippen LogP contribution in [0, 0.1) is 0 Å². The summed E-state index contributed by atoms with van der Waals surface area (Å²) < 4.78 is 16.6. The first-order chi connectivity index (χ1) is 22.0. The molecule has 9 nitrogen and oxygen atoms in total. The summed E-state index contributed by atoms with van der Waals surface area (Å²) in [4.78, 5) is 28.5. The van der Waals surface area contributed by atoms with Crippen LogP contribution in [0.2, 0.25) is 0 Å². The molecule has 2 heterocycles. The van der Waals surface area contributed by atoms with Gasteiger partial charge in [-0.25, -0.2) is 0 Å². The van der Waals surface area contributed by atoms with E-state index in [1.54, 1.807) is 30.3 Å². The van der Waals surface area contributed by atoms with Crippen LogP contribution in [0.3, 0.4) is 0 Å². The van der Waals surface area contributed by atoms with Gasteiger partial charge < -0.3 is 5.73 Å². The van der Waals surface area contributed by atoms with Gasteiger partial charge >= 0.3 is 254 Å². The first kappa shape index (κ1) is 38.9. The maximum atomic E-state index is 12.5. The van der Waals surface area contributed by atoms with E-state index in [1.165, 1.54) is 12.1 Å². The Balaban J connectivity index is 0.000000234. The molecule has 3 aliphatic rings. The number of carbonyl (C=O) groups excluding carboxylic acids is 1. The van der Waals surface area contributed by atoms with Crippen molar-refractivity contribution in [2.75, 3.05) is 0 Å². The molecule has 0 saturated carbocycles. The Morgan fingerprint density at radius 2 is 1.54 bits per heavy atom. The fraction of sp³-hybridized carbons (Fsp3) is 0.0294. The fourth-order valence-electron chi connectivity index (χ4n) is 5.52. The van der Waals surface area contributed by atoms with Gasteiger partial charge in [0.05, 0.1) is 11.1 Å². The van der Waals surface area contributed by atoms with Gasteiger partial charge in [-0.15, -0.1) is 0 Å². The van der Waals surface area contributed by atoms with Gasteiger partial charge in [-0.05, 0) is 11.6 Å². The van der Waals surface area contributed by atoms with E-state index in [0.29, 0.717) is 27.8 Å². The number of hydrogen-bond donors (Lipinski definition) is 3. The number of hydrogen-bond acceptors (Lipinski definition) is 9. The second-order valence-electron chi connectivity index (χ2n) is 10.5. The minimum Gasteiger partial charge on any atom is 1.00 e. The van der Waals surface area contributed by atoms with Crippen molar-refractivity contribution in [2.45, 2.75) is 5.66 Å². The van der Waals surface area contributed by atoms with Crippen LogP contribution in [0.1, 0.15) is 15.9 Å². The summed E-state index contributed by atoms with van der Waals surface area (Å²) >= 11 is 3.71. The number of carboxylic acids is 1. The van der Waals surface area contributed by atoms with E-state index in [2.05, 4.69) is 36.9 Å². The van der Waals surface area contributed by atoms with E-state index in [1.807, 2.05) is 54.6 Å². The van der Waals surface area contributed by atoms with E-state index < -0.39 is 36.7 Å². The number of nitrogens with zero attached hydrogens (tertiary/aromatic N) is 1. The molecule has 226 valence electrons. The predicted molar refractivity (Wildman–Crippen MR) is 173 cm³/mol. The van der Waals surface area contributed by atoms with Crippen LogP contribution in [0.15, 0.2) is 120 Å². The monoisotopic (exact) mass is 973 g/mol. The molecule has 0 spiro atoms. The fourth-order valence-corrected chi connectivity index (χ4v) is 10.2. The van der Waals surface area contributed by atoms with E-state index in [9.17, 15) is 22.8 Å². The Kier molecular flexibility index (Phi) is 13.0. The zero-order chi connectivity index (χ0) is 32.7. The van der Waals surface area contributed by atoms with Crippen molar-refractivity contribution in [2.24, 2.45) is 16.5 Å². The van der Waals surface area contributed by atoms with Crippen molar-refractivity contribution < 1.29 is 107 Å². The molecule has 48 heavy (non-hydrogen) atoms. The smallest absolute Gasteiger partial charge is 1.00 e. The minimum atomic E-state index is -2.75. The minimum absolute atomic E-state index is 0. The van der Waals surface area contributed by atoms with Crippen molar-refractivity contribution in [3.63, 3.8) is 0 Å². The summed E-state index contributed by atoms with van der Waals surface area (Å²) in [5.41, 5.74) is 14.2. The number of halogens is 2. The zero-order valence-electron chi connectivity index (χ0n) is 25.8. The van der Waals surface area contributed by atoms with Crippen LogP contribution in [0.5, 0.6) is 5.75 Å². The number of fused-ring (bicyclic) bond motifs is 3. The molecule has 1 atom stereocenters. The van der Waals surface area contributed by atoms with Crippen LogP contribution >= 0.6 is 31.9 Å². The summed E-state index contributed by atoms with van der Waals surface area (Å²) in [6, 6.07) is 28.2. The van der Waals surface area contributed by atoms with Crippen molar-refractivity contribution in [1.29, 1.82) is 0 Å². The Labute approximate surface area is 348 Å². The second kappa shape index (κ2) is 16.0. The summed E-state index contributed by atoms with van der Waals surface area (Å²) in [5, 5.41) is 26.5. The average Bonchev–Trinajstić information content (AvgIpc) is 3.33. The summed E-state index contributed by atoms with van der Waals surface area (Å²) in [7, 11) is 0. The second-order valence-corrected chi connectivity index (χ2v) is 16.2. The Morgan fingerprint density at radius 1 is 0.896 bits per heavy atom. The average molecular weight is 974 g/mol. The molecular weight excluding hydrogens is 953 g/mol. The maximum Gasteiger partial charge on any atom is 1.00 e. The molecule has 1 unspecified atom stereocenters. The summed E-state index contributed by atoms with van der Waals surface area (Å²) in [5.74, 6) is -1.52. The Bertz CT molecular complexity index is 2340. The van der Waals surface area contributed by atoms with E-state index in [-0.39, 0.29) is 99.2 Å². The molecule has 0 radical (unpaired) electrons. The third-order valence-corrected chi connectivity index (χ3v) is 12.7. The molecule has 7 rings (SSSR count). The Hall–Kier alpha value is -1.87. The number of benzene rings is 5. The van der Waals surface area contributed by atoms with Crippen molar-refractivity contribution >= 4 is 57.6 Å². The van der Waals surface area contributed by atoms with Crippen molar-refractivity contribution in [3.05, 3.63) is 138 Å². The molecule has 1 aliphatic carbocycles. The SMILES string of the molecule is NC1=c2ccccc2=NC1(N)c1ccccc1.O=C([O-])c1ccccc1-c1c2cc(Br)c(=O)cc-2oc2[c]([Hg][OH])c([O-])c(Br)cc12.[Na+].[Na+]. The normalized spacial score (nSPS) is 14.5. The van der Waals surface area contributed by atoms with E-state index >= 15 is 0 Å². The maximum absolute atomic E-state index is 12.5. The molecular formula is C34H21Br2HgN3Na2O6. The molecule has 0 saturated heterocycles. The van der Waals surface area contributed by atoms with Crippen LogP contribution in [0.4, 0.5) is 0 Å². The molecule has 0 amide bonds. The summed E-state index contributed by atoms with van der Waals surface area (Å²) in [6.45, 7) is 0. The van der Waals surface area contributed by atoms with E-state index in [4.69, 9.17) is 15.9 Å². The van der Waals surface area contributed by atoms with Gasteiger partial charge in [-0.3, -0.25) is 10.7 Å². The quantitative estimate of drug-likeness (QED) is 0.120. The molecule has 4 aromatic carbocycles. The molecule has 0 fully saturated rings. The Morgan fingerprint density at radius 3 is 2.21 bits per heavy atom. The van der Waals surface area contributed by atoms with Gasteiger partial charge in [0.1, 0.15) is 0 Å². The standard InChI is InChI=1S/C20H9Br2O5.C14H13N3.Hg.2Na.H2O/c21-13-5-11-17(7-15(13)23)27-18-8-16(24)14(22)6-12(18)19(11)9-3-1-2-4-10(9)20(25)26;15-13-11-8-4-5-9-12(11)17-14(13,16)10-6-2-1-3-7-10;;;;/h1-7,24H,(H,25,26);1-9H,15-16H2;;;;1H2/q;;3*+1;/p-3. The van der Waals surface area contributed by atoms with E-state index in [0.717, 1.165) is 16.1 Å². The van der Waals surface area contributed by atoms with Crippen LogP contribution < -0.4 is 99.9 Å². The zero-order valence-corrected chi connectivity index (χ0v) is 38.5. The van der Waals surface area contributed by atoms with Crippen LogP contribution in [-0.4, -0.2) is 8.98 Å². The van der Waals surface area contributed by atoms with Crippen molar-refractivity contribution in [3.8, 4) is 28.2 Å². The number of para-hydroxylation sites is 1. The molecule has 0 aromatic heterocycles. The number of nitrogens with two attached hydrogens (primary N) is 2.